The number of hydrogen-bond donors (Lipinski definition) is 1. The van der Waals surface area contributed by atoms with Crippen LogP contribution in [0.5, 0.6) is 5.75 Å². The molecule has 0 saturated carbocycles. The van der Waals surface area contributed by atoms with Crippen molar-refractivity contribution in [2.75, 3.05) is 7.11 Å². The van der Waals surface area contributed by atoms with E-state index in [0.29, 0.717) is 13.0 Å². The van der Waals surface area contributed by atoms with E-state index < -0.39 is 12.0 Å². The first-order chi connectivity index (χ1) is 11.6. The molecule has 5 heteroatoms. The quantitative estimate of drug-likeness (QED) is 0.794. The maximum Gasteiger partial charge on any atom is 0.328 e. The molecule has 126 valence electrons. The van der Waals surface area contributed by atoms with E-state index in [-0.39, 0.29) is 5.91 Å². The third-order valence-corrected chi connectivity index (χ3v) is 3.47. The molecule has 0 fully saturated rings. The molecule has 2 aromatic carbocycles. The zero-order valence-electron chi connectivity index (χ0n) is 13.8. The predicted molar refractivity (Wildman–Crippen MR) is 90.5 cm³/mol. The summed E-state index contributed by atoms with van der Waals surface area (Å²) in [6, 6.07) is 16.7. The number of carbonyl (C=O) groups is 2. The van der Waals surface area contributed by atoms with Crippen molar-refractivity contribution in [2.45, 2.75) is 26.0 Å². The molecule has 0 saturated heterocycles. The number of ether oxygens (including phenoxy) is 2. The van der Waals surface area contributed by atoms with E-state index in [1.807, 2.05) is 54.6 Å². The first-order valence-electron chi connectivity index (χ1n) is 7.69. The van der Waals surface area contributed by atoms with Crippen LogP contribution >= 0.6 is 0 Å². The summed E-state index contributed by atoms with van der Waals surface area (Å²) in [5.41, 5.74) is 2.00. The molecule has 0 heterocycles. The molecule has 24 heavy (non-hydrogen) atoms. The summed E-state index contributed by atoms with van der Waals surface area (Å²) in [5, 5.41) is 2.60. The maximum atomic E-state index is 11.7. The van der Waals surface area contributed by atoms with Gasteiger partial charge in [0, 0.05) is 13.3 Å². The molecule has 0 bridgehead atoms. The van der Waals surface area contributed by atoms with Crippen LogP contribution in [-0.4, -0.2) is 25.0 Å². The second kappa shape index (κ2) is 8.72. The van der Waals surface area contributed by atoms with Gasteiger partial charge in [-0.2, -0.15) is 0 Å². The molecule has 1 N–H and O–H groups in total. The van der Waals surface area contributed by atoms with Crippen LogP contribution in [0.15, 0.2) is 54.6 Å². The Bertz CT molecular complexity index is 668. The fraction of sp³-hybridized carbons (Fsp3) is 0.263. The number of hydrogen-bond acceptors (Lipinski definition) is 4. The number of nitrogens with one attached hydrogen (secondary N) is 1. The molecule has 0 aliphatic heterocycles. The predicted octanol–water partition coefficient (Wildman–Crippen LogP) is 2.49. The van der Waals surface area contributed by atoms with E-state index in [4.69, 9.17) is 9.47 Å². The molecule has 0 spiro atoms. The average molecular weight is 327 g/mol. The molecule has 1 amide bonds. The molecule has 0 unspecified atom stereocenters. The lowest BCUT2D eigenvalue weighted by Crippen LogP contribution is -2.41. The summed E-state index contributed by atoms with van der Waals surface area (Å²) in [4.78, 5) is 22.9. The number of carbonyl (C=O) groups excluding carboxylic acids is 2. The SMILES string of the molecule is COC(=O)[C@H](Cc1ccc(OCc2ccccc2)cc1)NC(C)=O. The van der Waals surface area contributed by atoms with Crippen molar-refractivity contribution in [1.29, 1.82) is 0 Å². The van der Waals surface area contributed by atoms with Gasteiger partial charge in [-0.1, -0.05) is 42.5 Å². The first-order valence-corrected chi connectivity index (χ1v) is 7.69. The molecule has 1 atom stereocenters. The molecule has 2 rings (SSSR count). The molecular weight excluding hydrogens is 306 g/mol. The lowest BCUT2D eigenvalue weighted by atomic mass is 10.1. The van der Waals surface area contributed by atoms with Crippen molar-refractivity contribution in [3.8, 4) is 5.75 Å². The third kappa shape index (κ3) is 5.43. The van der Waals surface area contributed by atoms with Gasteiger partial charge in [-0.25, -0.2) is 4.79 Å². The Morgan fingerprint density at radius 3 is 2.25 bits per heavy atom. The molecule has 0 aliphatic rings. The number of benzene rings is 2. The van der Waals surface area contributed by atoms with Gasteiger partial charge in [-0.3, -0.25) is 4.79 Å². The molecule has 0 aliphatic carbocycles. The van der Waals surface area contributed by atoms with Crippen LogP contribution in [0.25, 0.3) is 0 Å². The molecule has 0 radical (unpaired) electrons. The van der Waals surface area contributed by atoms with Gasteiger partial charge in [-0.05, 0) is 23.3 Å². The lowest BCUT2D eigenvalue weighted by Gasteiger charge is -2.15. The Morgan fingerprint density at radius 1 is 1.00 bits per heavy atom. The van der Waals surface area contributed by atoms with Crippen molar-refractivity contribution in [3.05, 3.63) is 65.7 Å². The Labute approximate surface area is 141 Å². The number of rotatable bonds is 7. The van der Waals surface area contributed by atoms with Crippen molar-refractivity contribution in [1.82, 2.24) is 5.32 Å². The molecule has 2 aromatic rings. The minimum atomic E-state index is -0.691. The zero-order chi connectivity index (χ0) is 17.4. The van der Waals surface area contributed by atoms with Gasteiger partial charge in [0.15, 0.2) is 0 Å². The number of esters is 1. The second-order valence-electron chi connectivity index (χ2n) is 5.40. The van der Waals surface area contributed by atoms with E-state index in [1.165, 1.54) is 14.0 Å². The van der Waals surface area contributed by atoms with E-state index in [9.17, 15) is 9.59 Å². The lowest BCUT2D eigenvalue weighted by molar-refractivity contribution is -0.144. The van der Waals surface area contributed by atoms with Crippen LogP contribution < -0.4 is 10.1 Å². The highest BCUT2D eigenvalue weighted by atomic mass is 16.5. The number of methoxy groups -OCH3 is 1. The standard InChI is InChI=1S/C19H21NO4/c1-14(21)20-18(19(22)23-2)12-15-8-10-17(11-9-15)24-13-16-6-4-3-5-7-16/h3-11,18H,12-13H2,1-2H3,(H,20,21)/t18-/m0/s1. The molecule has 0 aromatic heterocycles. The summed E-state index contributed by atoms with van der Waals surface area (Å²) >= 11 is 0. The van der Waals surface area contributed by atoms with Gasteiger partial charge in [0.25, 0.3) is 0 Å². The van der Waals surface area contributed by atoms with E-state index in [1.54, 1.807) is 0 Å². The maximum absolute atomic E-state index is 11.7. The third-order valence-electron chi connectivity index (χ3n) is 3.47. The normalized spacial score (nSPS) is 11.4. The fourth-order valence-corrected chi connectivity index (χ4v) is 2.28. The van der Waals surface area contributed by atoms with E-state index >= 15 is 0 Å². The van der Waals surface area contributed by atoms with Crippen LogP contribution in [0.1, 0.15) is 18.1 Å². The van der Waals surface area contributed by atoms with Gasteiger partial charge >= 0.3 is 5.97 Å². The molecular formula is C19H21NO4. The second-order valence-corrected chi connectivity index (χ2v) is 5.40. The van der Waals surface area contributed by atoms with Crippen LogP contribution in [0.2, 0.25) is 0 Å². The highest BCUT2D eigenvalue weighted by Crippen LogP contribution is 2.15. The van der Waals surface area contributed by atoms with Crippen LogP contribution in [0.4, 0.5) is 0 Å². The highest BCUT2D eigenvalue weighted by Gasteiger charge is 2.20. The average Bonchev–Trinajstić information content (AvgIpc) is 2.60. The van der Waals surface area contributed by atoms with Gasteiger partial charge < -0.3 is 14.8 Å². The monoisotopic (exact) mass is 327 g/mol. The van der Waals surface area contributed by atoms with Gasteiger partial charge in [0.2, 0.25) is 5.91 Å². The largest absolute Gasteiger partial charge is 0.489 e. The van der Waals surface area contributed by atoms with Crippen LogP contribution in [-0.2, 0) is 27.4 Å². The smallest absolute Gasteiger partial charge is 0.328 e. The highest BCUT2D eigenvalue weighted by molar-refractivity contribution is 5.83. The fourth-order valence-electron chi connectivity index (χ4n) is 2.28. The topological polar surface area (TPSA) is 64.6 Å². The summed E-state index contributed by atoms with van der Waals surface area (Å²) in [7, 11) is 1.30. The van der Waals surface area contributed by atoms with E-state index in [2.05, 4.69) is 5.32 Å². The first kappa shape index (κ1) is 17.5. The van der Waals surface area contributed by atoms with Gasteiger partial charge in [0.05, 0.1) is 7.11 Å². The minimum Gasteiger partial charge on any atom is -0.489 e. The summed E-state index contributed by atoms with van der Waals surface area (Å²) < 4.78 is 10.4. The van der Waals surface area contributed by atoms with E-state index in [0.717, 1.165) is 16.9 Å². The van der Waals surface area contributed by atoms with Crippen molar-refractivity contribution >= 4 is 11.9 Å². The van der Waals surface area contributed by atoms with Crippen molar-refractivity contribution < 1.29 is 19.1 Å². The molecule has 5 nitrogen and oxygen atoms in total. The Balaban J connectivity index is 1.95. The van der Waals surface area contributed by atoms with Crippen molar-refractivity contribution in [2.24, 2.45) is 0 Å². The zero-order valence-corrected chi connectivity index (χ0v) is 13.8. The summed E-state index contributed by atoms with van der Waals surface area (Å²) in [5.74, 6) is 0.0135. The number of amides is 1. The summed E-state index contributed by atoms with van der Waals surface area (Å²) in [6.45, 7) is 1.87. The van der Waals surface area contributed by atoms with Crippen LogP contribution in [0, 0.1) is 0 Å². The van der Waals surface area contributed by atoms with Crippen molar-refractivity contribution in [3.63, 3.8) is 0 Å². The van der Waals surface area contributed by atoms with Gasteiger partial charge in [-0.15, -0.1) is 0 Å². The Hall–Kier alpha value is -2.82. The van der Waals surface area contributed by atoms with Crippen LogP contribution in [0.3, 0.4) is 0 Å². The summed E-state index contributed by atoms with van der Waals surface area (Å²) in [6.07, 6.45) is 0.366. The minimum absolute atomic E-state index is 0.270. The van der Waals surface area contributed by atoms with Gasteiger partial charge in [0.1, 0.15) is 18.4 Å². The Kier molecular flexibility index (Phi) is 6.37. The Morgan fingerprint density at radius 2 is 1.67 bits per heavy atom.